The number of aromatic nitrogens is 5. The molecule has 0 radical (unpaired) electrons. The van der Waals surface area contributed by atoms with Gasteiger partial charge in [0.1, 0.15) is 0 Å². The summed E-state index contributed by atoms with van der Waals surface area (Å²) in [7, 11) is 0. The van der Waals surface area contributed by atoms with Gasteiger partial charge in [0.05, 0.1) is 22.1 Å². The minimum atomic E-state index is 0.632. The van der Waals surface area contributed by atoms with E-state index in [2.05, 4.69) is 173 Å². The number of fused-ring (bicyclic) bond motifs is 6. The SMILES string of the molecule is c1ccc(-c2nc(-c3ccccc3)nc(-c3cccc(-c4cccc(-n5c6ccccc6c6ccc(-c7cccc(-n8c9ccccc9c9ccccc98)c7)cc65)c4)c3)n2)cc1. The van der Waals surface area contributed by atoms with Gasteiger partial charge in [-0.3, -0.25) is 0 Å². The van der Waals surface area contributed by atoms with Crippen LogP contribution in [0.3, 0.4) is 0 Å². The normalized spacial score (nSPS) is 11.5. The van der Waals surface area contributed by atoms with Crippen molar-refractivity contribution in [1.82, 2.24) is 24.1 Å². The van der Waals surface area contributed by atoms with Crippen molar-refractivity contribution in [2.45, 2.75) is 0 Å². The van der Waals surface area contributed by atoms with Gasteiger partial charge in [0.25, 0.3) is 0 Å². The highest BCUT2D eigenvalue weighted by Gasteiger charge is 2.17. The summed E-state index contributed by atoms with van der Waals surface area (Å²) in [5.74, 6) is 1.92. The van der Waals surface area contributed by atoms with Crippen LogP contribution < -0.4 is 0 Å². The van der Waals surface area contributed by atoms with Crippen LogP contribution in [0.1, 0.15) is 0 Å². The maximum atomic E-state index is 5.01. The fourth-order valence-corrected chi connectivity index (χ4v) is 9.05. The summed E-state index contributed by atoms with van der Waals surface area (Å²) >= 11 is 0. The van der Waals surface area contributed by atoms with Crippen molar-refractivity contribution in [1.29, 1.82) is 0 Å². The molecular weight excluding hydrogens is 755 g/mol. The number of hydrogen-bond acceptors (Lipinski definition) is 3. The van der Waals surface area contributed by atoms with Crippen LogP contribution >= 0.6 is 0 Å². The van der Waals surface area contributed by atoms with Gasteiger partial charge in [0.2, 0.25) is 0 Å². The minimum absolute atomic E-state index is 0.632. The molecule has 290 valence electrons. The predicted octanol–water partition coefficient (Wildman–Crippen LogP) is 14.4. The van der Waals surface area contributed by atoms with E-state index >= 15 is 0 Å². The molecule has 9 aromatic carbocycles. The Labute approximate surface area is 358 Å². The lowest BCUT2D eigenvalue weighted by molar-refractivity contribution is 1.07. The van der Waals surface area contributed by atoms with Gasteiger partial charge < -0.3 is 9.13 Å². The van der Waals surface area contributed by atoms with Crippen LogP contribution in [0.25, 0.3) is 111 Å². The summed E-state index contributed by atoms with van der Waals surface area (Å²) in [6.07, 6.45) is 0. The zero-order valence-electron chi connectivity index (χ0n) is 33.6. The highest BCUT2D eigenvalue weighted by molar-refractivity contribution is 6.11. The molecule has 3 heterocycles. The molecule has 0 unspecified atom stereocenters. The molecule has 0 bridgehead atoms. The summed E-state index contributed by atoms with van der Waals surface area (Å²) in [5.41, 5.74) is 14.3. The van der Waals surface area contributed by atoms with Gasteiger partial charge in [0.15, 0.2) is 17.5 Å². The summed E-state index contributed by atoms with van der Waals surface area (Å²) in [6.45, 7) is 0. The van der Waals surface area contributed by atoms with E-state index in [1.54, 1.807) is 0 Å². The van der Waals surface area contributed by atoms with Crippen molar-refractivity contribution in [2.75, 3.05) is 0 Å². The second-order valence-electron chi connectivity index (χ2n) is 15.7. The first-order valence-corrected chi connectivity index (χ1v) is 20.9. The van der Waals surface area contributed by atoms with Gasteiger partial charge in [-0.25, -0.2) is 15.0 Å². The van der Waals surface area contributed by atoms with Crippen molar-refractivity contribution >= 4 is 43.6 Å². The maximum Gasteiger partial charge on any atom is 0.164 e. The molecule has 12 rings (SSSR count). The van der Waals surface area contributed by atoms with Crippen LogP contribution in [-0.2, 0) is 0 Å². The highest BCUT2D eigenvalue weighted by Crippen LogP contribution is 2.38. The molecule has 0 saturated carbocycles. The van der Waals surface area contributed by atoms with Crippen LogP contribution in [0.15, 0.2) is 224 Å². The second-order valence-corrected chi connectivity index (χ2v) is 15.7. The molecule has 0 aliphatic rings. The van der Waals surface area contributed by atoms with E-state index in [9.17, 15) is 0 Å². The van der Waals surface area contributed by atoms with Crippen molar-refractivity contribution < 1.29 is 0 Å². The molecular formula is C57H37N5. The van der Waals surface area contributed by atoms with E-state index in [1.165, 1.54) is 32.6 Å². The van der Waals surface area contributed by atoms with Gasteiger partial charge in [-0.15, -0.1) is 0 Å². The van der Waals surface area contributed by atoms with Gasteiger partial charge in [-0.2, -0.15) is 0 Å². The Kier molecular flexibility index (Phi) is 8.42. The summed E-state index contributed by atoms with van der Waals surface area (Å²) in [4.78, 5) is 14.9. The third-order valence-electron chi connectivity index (χ3n) is 11.9. The molecule has 3 aromatic heterocycles. The van der Waals surface area contributed by atoms with Crippen molar-refractivity contribution in [3.8, 4) is 67.8 Å². The first kappa shape index (κ1) is 35.5. The number of nitrogens with zero attached hydrogens (tertiary/aromatic N) is 5. The molecule has 0 N–H and O–H groups in total. The quantitative estimate of drug-likeness (QED) is 0.162. The molecule has 0 spiro atoms. The Morgan fingerprint density at radius 1 is 0.226 bits per heavy atom. The molecule has 0 aliphatic carbocycles. The van der Waals surface area contributed by atoms with Gasteiger partial charge in [-0.05, 0) is 76.9 Å². The van der Waals surface area contributed by atoms with E-state index in [4.69, 9.17) is 15.0 Å². The lowest BCUT2D eigenvalue weighted by atomic mass is 10.0. The average molecular weight is 792 g/mol. The third kappa shape index (κ3) is 6.06. The molecule has 0 fully saturated rings. The van der Waals surface area contributed by atoms with Crippen molar-refractivity contribution in [3.05, 3.63) is 224 Å². The Morgan fingerprint density at radius 3 is 1.10 bits per heavy atom. The first-order valence-electron chi connectivity index (χ1n) is 20.9. The van der Waals surface area contributed by atoms with Crippen molar-refractivity contribution in [3.63, 3.8) is 0 Å². The van der Waals surface area contributed by atoms with Gasteiger partial charge in [0, 0.05) is 49.6 Å². The average Bonchev–Trinajstić information content (AvgIpc) is 3.87. The van der Waals surface area contributed by atoms with Crippen LogP contribution in [0, 0.1) is 0 Å². The monoisotopic (exact) mass is 791 g/mol. The Balaban J connectivity index is 0.961. The van der Waals surface area contributed by atoms with E-state index in [0.717, 1.165) is 61.4 Å². The second kappa shape index (κ2) is 14.7. The van der Waals surface area contributed by atoms with E-state index < -0.39 is 0 Å². The number of rotatable bonds is 7. The Bertz CT molecular complexity index is 3530. The lowest BCUT2D eigenvalue weighted by Crippen LogP contribution is -2.00. The smallest absolute Gasteiger partial charge is 0.164 e. The largest absolute Gasteiger partial charge is 0.309 e. The molecule has 0 aliphatic heterocycles. The van der Waals surface area contributed by atoms with Crippen LogP contribution in [0.4, 0.5) is 0 Å². The van der Waals surface area contributed by atoms with Crippen molar-refractivity contribution in [2.24, 2.45) is 0 Å². The number of hydrogen-bond donors (Lipinski definition) is 0. The zero-order valence-corrected chi connectivity index (χ0v) is 33.6. The Morgan fingerprint density at radius 2 is 0.581 bits per heavy atom. The molecule has 5 heteroatoms. The zero-order chi connectivity index (χ0) is 41.0. The first-order chi connectivity index (χ1) is 30.7. The number of para-hydroxylation sites is 3. The van der Waals surface area contributed by atoms with E-state index in [0.29, 0.717) is 17.5 Å². The number of benzene rings is 9. The predicted molar refractivity (Wildman–Crippen MR) is 256 cm³/mol. The fraction of sp³-hybridized carbons (Fsp3) is 0. The van der Waals surface area contributed by atoms with Crippen LogP contribution in [-0.4, -0.2) is 24.1 Å². The topological polar surface area (TPSA) is 48.5 Å². The molecule has 5 nitrogen and oxygen atoms in total. The van der Waals surface area contributed by atoms with Crippen LogP contribution in [0.2, 0.25) is 0 Å². The minimum Gasteiger partial charge on any atom is -0.309 e. The maximum absolute atomic E-state index is 5.01. The molecule has 0 saturated heterocycles. The summed E-state index contributed by atoms with van der Waals surface area (Å²) < 4.78 is 4.79. The highest BCUT2D eigenvalue weighted by atomic mass is 15.0. The van der Waals surface area contributed by atoms with Gasteiger partial charge >= 0.3 is 0 Å². The summed E-state index contributed by atoms with van der Waals surface area (Å²) in [5, 5.41) is 4.95. The van der Waals surface area contributed by atoms with Gasteiger partial charge in [-0.1, -0.05) is 170 Å². The lowest BCUT2D eigenvalue weighted by Gasteiger charge is -2.13. The molecule has 0 amide bonds. The standard InChI is InChI=1S/C57H37N5/c1-3-16-38(17-4-1)55-58-56(39-18-5-2-6-19-39)60-57(59-55)44-23-13-20-40(34-44)41-21-14-25-46(35-41)62-53-31-12-9-28-49(53)50-33-32-43(37-54(50)62)42-22-15-24-45(36-42)61-51-29-10-7-26-47(51)48-27-8-11-30-52(48)61/h1-37H. The van der Waals surface area contributed by atoms with Crippen LogP contribution in [0.5, 0.6) is 0 Å². The third-order valence-corrected chi connectivity index (χ3v) is 11.9. The van der Waals surface area contributed by atoms with E-state index in [1.807, 2.05) is 60.7 Å². The summed E-state index contributed by atoms with van der Waals surface area (Å²) in [6, 6.07) is 79.5. The molecule has 62 heavy (non-hydrogen) atoms. The molecule has 0 atom stereocenters. The van der Waals surface area contributed by atoms with E-state index in [-0.39, 0.29) is 0 Å². The fourth-order valence-electron chi connectivity index (χ4n) is 9.05. The Hall–Kier alpha value is -8.41. The molecule has 12 aromatic rings.